The molecule has 0 amide bonds. The monoisotopic (exact) mass is 506 g/mol. The van der Waals surface area contributed by atoms with E-state index in [-0.39, 0.29) is 16.5 Å². The van der Waals surface area contributed by atoms with Crippen LogP contribution in [0, 0.1) is 5.82 Å². The average Bonchev–Trinajstić information content (AvgIpc) is 3.21. The first kappa shape index (κ1) is 24.2. The minimum atomic E-state index is -3.37. The van der Waals surface area contributed by atoms with Crippen molar-refractivity contribution in [2.24, 2.45) is 0 Å². The van der Waals surface area contributed by atoms with Gasteiger partial charge < -0.3 is 4.90 Å². The van der Waals surface area contributed by atoms with E-state index in [0.717, 1.165) is 22.0 Å². The number of sulfone groups is 1. The van der Waals surface area contributed by atoms with Gasteiger partial charge in [-0.3, -0.25) is 0 Å². The molecule has 176 valence electrons. The van der Waals surface area contributed by atoms with Crippen LogP contribution in [0.5, 0.6) is 0 Å². The van der Waals surface area contributed by atoms with E-state index in [1.807, 2.05) is 17.5 Å². The summed E-state index contributed by atoms with van der Waals surface area (Å²) < 4.78 is 40.0. The normalized spacial score (nSPS) is 15.7. The van der Waals surface area contributed by atoms with Crippen molar-refractivity contribution in [3.63, 3.8) is 0 Å². The van der Waals surface area contributed by atoms with Gasteiger partial charge in [0.05, 0.1) is 15.8 Å². The molecule has 8 heteroatoms. The third kappa shape index (κ3) is 5.58. The summed E-state index contributed by atoms with van der Waals surface area (Å²) in [5, 5.41) is 2.83. The number of nitrogens with zero attached hydrogens (tertiary/aromatic N) is 2. The van der Waals surface area contributed by atoms with Gasteiger partial charge in [0.1, 0.15) is 5.82 Å². The van der Waals surface area contributed by atoms with Crippen LogP contribution < -0.4 is 4.90 Å². The first-order chi connectivity index (χ1) is 15.5. The van der Waals surface area contributed by atoms with E-state index in [9.17, 15) is 12.8 Å². The van der Waals surface area contributed by atoms with Crippen molar-refractivity contribution >= 4 is 37.9 Å². The Morgan fingerprint density at radius 2 is 1.79 bits per heavy atom. The highest BCUT2D eigenvalue weighted by atomic mass is 35.5. The molecule has 1 fully saturated rings. The molecule has 0 spiro atoms. The fourth-order valence-electron chi connectivity index (χ4n) is 4.14. The lowest BCUT2D eigenvalue weighted by molar-refractivity contribution is 0.529. The summed E-state index contributed by atoms with van der Waals surface area (Å²) in [5.74, 6) is -0.357. The standard InChI is InChI=1S/C25H28ClFN2O2S2/c1-25(2,3)18-4-6-22(7-5-18)33(30,31)23-8-10-29(11-9-23)24-28-21(16-32-24)14-17-12-19(26)15-20(27)13-17/h4-7,12-13,15-16,23H,8-11,14H2,1-3H3. The molecule has 0 saturated carbocycles. The molecule has 1 saturated heterocycles. The Labute approximate surface area is 204 Å². The molecule has 4 nitrogen and oxygen atoms in total. The molecular formula is C25H28ClFN2O2S2. The summed E-state index contributed by atoms with van der Waals surface area (Å²) in [5.41, 5.74) is 2.74. The van der Waals surface area contributed by atoms with E-state index in [2.05, 4.69) is 25.7 Å². The molecule has 4 rings (SSSR count). The van der Waals surface area contributed by atoms with Crippen LogP contribution >= 0.6 is 22.9 Å². The van der Waals surface area contributed by atoms with Crippen LogP contribution in [0.15, 0.2) is 52.7 Å². The maximum atomic E-state index is 13.6. The number of rotatable bonds is 5. The molecule has 2 aromatic carbocycles. The Bertz CT molecular complexity index is 1210. The van der Waals surface area contributed by atoms with Crippen LogP contribution in [0.3, 0.4) is 0 Å². The Hall–Kier alpha value is -1.96. The van der Waals surface area contributed by atoms with Crippen molar-refractivity contribution in [3.05, 3.63) is 75.5 Å². The summed E-state index contributed by atoms with van der Waals surface area (Å²) in [4.78, 5) is 7.24. The van der Waals surface area contributed by atoms with Crippen LogP contribution in [0.2, 0.25) is 5.02 Å². The Morgan fingerprint density at radius 3 is 2.39 bits per heavy atom. The first-order valence-corrected chi connectivity index (χ1v) is 13.8. The molecular weight excluding hydrogens is 479 g/mol. The maximum Gasteiger partial charge on any atom is 0.185 e. The van der Waals surface area contributed by atoms with Crippen molar-refractivity contribution in [2.45, 2.75) is 55.6 Å². The molecule has 2 heterocycles. The van der Waals surface area contributed by atoms with Crippen LogP contribution in [0.25, 0.3) is 0 Å². The number of piperidine rings is 1. The summed E-state index contributed by atoms with van der Waals surface area (Å²) in [6.45, 7) is 7.63. The largest absolute Gasteiger partial charge is 0.348 e. The molecule has 0 bridgehead atoms. The highest BCUT2D eigenvalue weighted by Gasteiger charge is 2.32. The average molecular weight is 507 g/mol. The summed E-state index contributed by atoms with van der Waals surface area (Å²) in [6.07, 6.45) is 1.64. The second kappa shape index (κ2) is 9.35. The fourth-order valence-corrected chi connectivity index (χ4v) is 6.99. The van der Waals surface area contributed by atoms with Gasteiger partial charge >= 0.3 is 0 Å². The molecule has 1 aliphatic heterocycles. The lowest BCUT2D eigenvalue weighted by Gasteiger charge is -2.31. The molecule has 0 radical (unpaired) electrons. The smallest absolute Gasteiger partial charge is 0.185 e. The molecule has 0 aliphatic carbocycles. The van der Waals surface area contributed by atoms with Gasteiger partial charge in [0.15, 0.2) is 15.0 Å². The van der Waals surface area contributed by atoms with E-state index in [1.165, 1.54) is 23.5 Å². The van der Waals surface area contributed by atoms with Crippen molar-refractivity contribution < 1.29 is 12.8 Å². The zero-order valence-electron chi connectivity index (χ0n) is 19.0. The van der Waals surface area contributed by atoms with Gasteiger partial charge in [-0.15, -0.1) is 11.3 Å². The highest BCUT2D eigenvalue weighted by Crippen LogP contribution is 2.31. The second-order valence-electron chi connectivity index (χ2n) is 9.58. The van der Waals surface area contributed by atoms with E-state index in [0.29, 0.717) is 42.3 Å². The van der Waals surface area contributed by atoms with Gasteiger partial charge in [0.2, 0.25) is 0 Å². The predicted molar refractivity (Wildman–Crippen MR) is 134 cm³/mol. The summed E-state index contributed by atoms with van der Waals surface area (Å²) in [7, 11) is -3.37. The minimum absolute atomic E-state index is 0.0128. The predicted octanol–water partition coefficient (Wildman–Crippen LogP) is 6.27. The third-order valence-corrected chi connectivity index (χ3v) is 9.49. The quantitative estimate of drug-likeness (QED) is 0.409. The van der Waals surface area contributed by atoms with Crippen molar-refractivity contribution in [1.29, 1.82) is 0 Å². The van der Waals surface area contributed by atoms with E-state index < -0.39 is 9.84 Å². The van der Waals surface area contributed by atoms with Crippen LogP contribution in [0.4, 0.5) is 9.52 Å². The van der Waals surface area contributed by atoms with Gasteiger partial charge in [-0.2, -0.15) is 0 Å². The number of thiazole rings is 1. The Balaban J connectivity index is 1.39. The number of halogens is 2. The summed E-state index contributed by atoms with van der Waals surface area (Å²) >= 11 is 7.48. The van der Waals surface area contributed by atoms with Crippen LogP contribution in [-0.4, -0.2) is 31.7 Å². The summed E-state index contributed by atoms with van der Waals surface area (Å²) in [6, 6.07) is 11.8. The second-order valence-corrected chi connectivity index (χ2v) is 13.1. The minimum Gasteiger partial charge on any atom is -0.348 e. The highest BCUT2D eigenvalue weighted by molar-refractivity contribution is 7.92. The third-order valence-electron chi connectivity index (χ3n) is 6.05. The number of hydrogen-bond donors (Lipinski definition) is 0. The molecule has 1 aliphatic rings. The van der Waals surface area contributed by atoms with Gasteiger partial charge in [0.25, 0.3) is 0 Å². The molecule has 33 heavy (non-hydrogen) atoms. The first-order valence-electron chi connectivity index (χ1n) is 11.0. The van der Waals surface area contributed by atoms with E-state index >= 15 is 0 Å². The van der Waals surface area contributed by atoms with Gasteiger partial charge in [-0.25, -0.2) is 17.8 Å². The van der Waals surface area contributed by atoms with E-state index in [1.54, 1.807) is 18.2 Å². The number of benzene rings is 2. The lowest BCUT2D eigenvalue weighted by Crippen LogP contribution is -2.39. The Kier molecular flexibility index (Phi) is 6.85. The molecule has 0 N–H and O–H groups in total. The van der Waals surface area contributed by atoms with E-state index in [4.69, 9.17) is 16.6 Å². The van der Waals surface area contributed by atoms with Crippen molar-refractivity contribution in [1.82, 2.24) is 4.98 Å². The van der Waals surface area contributed by atoms with Crippen LogP contribution in [-0.2, 0) is 21.7 Å². The Morgan fingerprint density at radius 1 is 1.12 bits per heavy atom. The number of aromatic nitrogens is 1. The van der Waals surface area contributed by atoms with Gasteiger partial charge in [-0.05, 0) is 59.7 Å². The van der Waals surface area contributed by atoms with Crippen LogP contribution in [0.1, 0.15) is 50.4 Å². The van der Waals surface area contributed by atoms with Crippen molar-refractivity contribution in [2.75, 3.05) is 18.0 Å². The fraction of sp³-hybridized carbons (Fsp3) is 0.400. The number of hydrogen-bond acceptors (Lipinski definition) is 5. The molecule has 0 atom stereocenters. The maximum absolute atomic E-state index is 13.6. The van der Waals surface area contributed by atoms with Gasteiger partial charge in [0, 0.05) is 29.9 Å². The molecule has 1 aromatic heterocycles. The van der Waals surface area contributed by atoms with Gasteiger partial charge in [-0.1, -0.05) is 44.5 Å². The number of anilines is 1. The molecule has 3 aromatic rings. The van der Waals surface area contributed by atoms with Crippen molar-refractivity contribution in [3.8, 4) is 0 Å². The zero-order chi connectivity index (χ0) is 23.8. The lowest BCUT2D eigenvalue weighted by atomic mass is 9.87. The SMILES string of the molecule is CC(C)(C)c1ccc(S(=O)(=O)C2CCN(c3nc(Cc4cc(F)cc(Cl)c4)cs3)CC2)cc1. The molecule has 0 unspecified atom stereocenters. The zero-order valence-corrected chi connectivity index (χ0v) is 21.4. The topological polar surface area (TPSA) is 50.3 Å².